The van der Waals surface area contributed by atoms with Crippen molar-refractivity contribution in [1.29, 1.82) is 0 Å². The number of aromatic amines is 2. The van der Waals surface area contributed by atoms with Crippen molar-refractivity contribution >= 4 is 11.4 Å². The third kappa shape index (κ3) is 3.24. The van der Waals surface area contributed by atoms with Gasteiger partial charge in [0, 0.05) is 0 Å². The third-order valence-corrected chi connectivity index (χ3v) is 3.14. The number of aromatic nitrogens is 2. The highest BCUT2D eigenvalue weighted by Crippen LogP contribution is 2.24. The largest absolute Gasteiger partial charge is 0.493 e. The van der Waals surface area contributed by atoms with Crippen LogP contribution in [-0.4, -0.2) is 15.1 Å². The Morgan fingerprint density at radius 3 is 2.09 bits per heavy atom. The Bertz CT molecular complexity index is 957. The van der Waals surface area contributed by atoms with E-state index in [1.807, 2.05) is 52.4 Å². The molecular weight excluding hydrogens is 296 g/mol. The van der Waals surface area contributed by atoms with E-state index in [4.69, 9.17) is 0 Å². The van der Waals surface area contributed by atoms with Crippen molar-refractivity contribution in [3.8, 4) is 17.0 Å². The minimum Gasteiger partial charge on any atom is -0.493 e. The van der Waals surface area contributed by atoms with Crippen molar-refractivity contribution in [2.75, 3.05) is 0 Å². The molecule has 0 saturated heterocycles. The summed E-state index contributed by atoms with van der Waals surface area (Å²) >= 11 is 0. The van der Waals surface area contributed by atoms with Crippen molar-refractivity contribution in [2.24, 2.45) is 10.2 Å². The smallest absolute Gasteiger partial charge is 0.328 e. The van der Waals surface area contributed by atoms with Gasteiger partial charge in [-0.05, 0) is 23.3 Å². The van der Waals surface area contributed by atoms with Crippen LogP contribution in [0.1, 0.15) is 0 Å². The molecule has 0 aliphatic carbocycles. The molecule has 0 unspecified atom stereocenters. The van der Waals surface area contributed by atoms with Crippen LogP contribution in [-0.2, 0) is 0 Å². The van der Waals surface area contributed by atoms with Crippen LogP contribution in [0.5, 0.6) is 5.88 Å². The average Bonchev–Trinajstić information content (AvgIpc) is 2.55. The summed E-state index contributed by atoms with van der Waals surface area (Å²) in [5, 5.41) is 17.1. The van der Waals surface area contributed by atoms with Gasteiger partial charge in [-0.2, -0.15) is 5.11 Å². The Balaban J connectivity index is 1.87. The minimum absolute atomic E-state index is 0.350. The molecule has 1 aromatic heterocycles. The Labute approximate surface area is 130 Å². The Morgan fingerprint density at radius 1 is 0.783 bits per heavy atom. The van der Waals surface area contributed by atoms with Gasteiger partial charge >= 0.3 is 5.69 Å². The van der Waals surface area contributed by atoms with Gasteiger partial charge in [0.05, 0.1) is 5.69 Å². The first-order valence-corrected chi connectivity index (χ1v) is 6.76. The van der Waals surface area contributed by atoms with Crippen molar-refractivity contribution in [3.05, 3.63) is 75.4 Å². The standard InChI is InChI=1S/C16H12N4O3/c21-14-13(15(22)18-16(23)17-14)20-19-12-8-6-11(7-9-12)10-4-2-1-3-5-10/h1-9H,(H3,17,18,21,22,23). The predicted molar refractivity (Wildman–Crippen MR) is 85.4 cm³/mol. The summed E-state index contributed by atoms with van der Waals surface area (Å²) in [6.45, 7) is 0. The summed E-state index contributed by atoms with van der Waals surface area (Å²) in [7, 11) is 0. The number of aromatic hydroxyl groups is 1. The van der Waals surface area contributed by atoms with Crippen LogP contribution >= 0.6 is 0 Å². The van der Waals surface area contributed by atoms with Crippen molar-refractivity contribution < 1.29 is 5.11 Å². The summed E-state index contributed by atoms with van der Waals surface area (Å²) in [5.41, 5.74) is 0.640. The van der Waals surface area contributed by atoms with Gasteiger partial charge in [0.15, 0.2) is 0 Å². The van der Waals surface area contributed by atoms with E-state index >= 15 is 0 Å². The fraction of sp³-hybridized carbons (Fsp3) is 0. The van der Waals surface area contributed by atoms with Gasteiger partial charge in [-0.25, -0.2) is 4.79 Å². The number of nitrogens with one attached hydrogen (secondary N) is 2. The molecule has 0 aliphatic heterocycles. The molecule has 1 heterocycles. The summed E-state index contributed by atoms with van der Waals surface area (Å²) < 4.78 is 0. The number of H-pyrrole nitrogens is 2. The predicted octanol–water partition coefficient (Wildman–Crippen LogP) is 2.85. The van der Waals surface area contributed by atoms with E-state index in [2.05, 4.69) is 10.2 Å². The second-order valence-corrected chi connectivity index (χ2v) is 4.72. The van der Waals surface area contributed by atoms with E-state index in [0.717, 1.165) is 11.1 Å². The molecule has 0 bridgehead atoms. The van der Waals surface area contributed by atoms with E-state index in [-0.39, 0.29) is 5.69 Å². The molecule has 7 nitrogen and oxygen atoms in total. The first kappa shape index (κ1) is 14.5. The Morgan fingerprint density at radius 2 is 1.43 bits per heavy atom. The first-order chi connectivity index (χ1) is 11.1. The summed E-state index contributed by atoms with van der Waals surface area (Å²) in [6.07, 6.45) is 0. The number of nitrogens with zero attached hydrogens (tertiary/aromatic N) is 2. The van der Waals surface area contributed by atoms with E-state index in [0.29, 0.717) is 5.69 Å². The van der Waals surface area contributed by atoms with Crippen LogP contribution in [0, 0.1) is 0 Å². The minimum atomic E-state index is -0.809. The lowest BCUT2D eigenvalue weighted by Crippen LogP contribution is -2.20. The topological polar surface area (TPSA) is 111 Å². The van der Waals surface area contributed by atoms with Gasteiger partial charge < -0.3 is 5.11 Å². The SMILES string of the molecule is O=c1[nH]c(O)c(N=Nc2ccc(-c3ccccc3)cc2)c(=O)[nH]1. The zero-order valence-corrected chi connectivity index (χ0v) is 11.9. The summed E-state index contributed by atoms with van der Waals surface area (Å²) in [6, 6.07) is 17.1. The molecule has 3 rings (SSSR count). The van der Waals surface area contributed by atoms with Gasteiger partial charge in [-0.1, -0.05) is 42.5 Å². The zero-order chi connectivity index (χ0) is 16.2. The van der Waals surface area contributed by atoms with Crippen molar-refractivity contribution in [1.82, 2.24) is 9.97 Å². The third-order valence-electron chi connectivity index (χ3n) is 3.14. The highest BCUT2D eigenvalue weighted by molar-refractivity contribution is 5.65. The Hall–Kier alpha value is -3.48. The van der Waals surface area contributed by atoms with Crippen LogP contribution in [0.4, 0.5) is 11.4 Å². The zero-order valence-electron chi connectivity index (χ0n) is 11.9. The number of rotatable bonds is 3. The summed E-state index contributed by atoms with van der Waals surface area (Å²) in [4.78, 5) is 26.5. The highest BCUT2D eigenvalue weighted by atomic mass is 16.3. The average molecular weight is 308 g/mol. The van der Waals surface area contributed by atoms with Crippen molar-refractivity contribution in [3.63, 3.8) is 0 Å². The fourth-order valence-electron chi connectivity index (χ4n) is 2.02. The molecule has 0 saturated carbocycles. The summed E-state index contributed by atoms with van der Waals surface area (Å²) in [5.74, 6) is -0.622. The lowest BCUT2D eigenvalue weighted by atomic mass is 10.1. The van der Waals surface area contributed by atoms with E-state index in [9.17, 15) is 14.7 Å². The highest BCUT2D eigenvalue weighted by Gasteiger charge is 2.07. The van der Waals surface area contributed by atoms with Gasteiger partial charge in [0.25, 0.3) is 5.56 Å². The lowest BCUT2D eigenvalue weighted by Gasteiger charge is -2.01. The molecular formula is C16H12N4O3. The van der Waals surface area contributed by atoms with Gasteiger partial charge in [0.2, 0.25) is 11.6 Å². The van der Waals surface area contributed by atoms with Gasteiger partial charge in [0.1, 0.15) is 0 Å². The molecule has 114 valence electrons. The van der Waals surface area contributed by atoms with Crippen LogP contribution in [0.15, 0.2) is 74.4 Å². The molecule has 2 aromatic carbocycles. The van der Waals surface area contributed by atoms with Crippen LogP contribution in [0.2, 0.25) is 0 Å². The van der Waals surface area contributed by atoms with Crippen molar-refractivity contribution in [2.45, 2.75) is 0 Å². The Kier molecular flexibility index (Phi) is 3.84. The van der Waals surface area contributed by atoms with Gasteiger partial charge in [-0.15, -0.1) is 5.11 Å². The monoisotopic (exact) mass is 308 g/mol. The molecule has 23 heavy (non-hydrogen) atoms. The molecule has 0 atom stereocenters. The molecule has 3 aromatic rings. The number of hydrogen-bond acceptors (Lipinski definition) is 5. The van der Waals surface area contributed by atoms with Crippen LogP contribution in [0.25, 0.3) is 11.1 Å². The molecule has 0 fully saturated rings. The fourth-order valence-corrected chi connectivity index (χ4v) is 2.02. The molecule has 0 aliphatic rings. The molecule has 0 amide bonds. The molecule has 0 radical (unpaired) electrons. The second-order valence-electron chi connectivity index (χ2n) is 4.72. The maximum atomic E-state index is 11.5. The molecule has 0 spiro atoms. The van der Waals surface area contributed by atoms with E-state index in [1.54, 1.807) is 12.1 Å². The van der Waals surface area contributed by atoms with E-state index < -0.39 is 17.1 Å². The molecule has 3 N–H and O–H groups in total. The quantitative estimate of drug-likeness (QED) is 0.647. The van der Waals surface area contributed by atoms with E-state index in [1.165, 1.54) is 0 Å². The number of benzene rings is 2. The lowest BCUT2D eigenvalue weighted by molar-refractivity contribution is 0.450. The normalized spacial score (nSPS) is 11.0. The van der Waals surface area contributed by atoms with Crippen LogP contribution < -0.4 is 11.2 Å². The van der Waals surface area contributed by atoms with Gasteiger partial charge in [-0.3, -0.25) is 14.8 Å². The number of hydrogen-bond donors (Lipinski definition) is 3. The van der Waals surface area contributed by atoms with Crippen LogP contribution in [0.3, 0.4) is 0 Å². The maximum absolute atomic E-state index is 11.5. The maximum Gasteiger partial charge on any atom is 0.328 e. The first-order valence-electron chi connectivity index (χ1n) is 6.76. The number of azo groups is 1. The molecule has 7 heteroatoms. The second kappa shape index (κ2) is 6.10.